The third-order valence-corrected chi connectivity index (χ3v) is 4.56. The van der Waals surface area contributed by atoms with Gasteiger partial charge in [0.1, 0.15) is 18.1 Å². The van der Waals surface area contributed by atoms with Crippen molar-refractivity contribution >= 4 is 41.7 Å². The first-order chi connectivity index (χ1) is 12.0. The molecule has 2 aromatic heterocycles. The number of rotatable bonds is 8. The van der Waals surface area contributed by atoms with Crippen molar-refractivity contribution in [2.75, 3.05) is 18.6 Å². The highest BCUT2D eigenvalue weighted by molar-refractivity contribution is 14.0. The Labute approximate surface area is 176 Å². The van der Waals surface area contributed by atoms with Crippen LogP contribution >= 0.6 is 35.7 Å². The molecular formula is C16H28IN7OS. The van der Waals surface area contributed by atoms with Gasteiger partial charge < -0.3 is 19.6 Å². The highest BCUT2D eigenvalue weighted by Crippen LogP contribution is 2.07. The molecule has 0 saturated heterocycles. The fraction of sp³-hybridized carbons (Fsp3) is 0.625. The predicted molar refractivity (Wildman–Crippen MR) is 116 cm³/mol. The minimum absolute atomic E-state index is 0. The number of guanidine groups is 1. The van der Waals surface area contributed by atoms with E-state index in [-0.39, 0.29) is 24.0 Å². The van der Waals surface area contributed by atoms with Gasteiger partial charge in [0, 0.05) is 13.6 Å². The molecule has 0 fully saturated rings. The summed E-state index contributed by atoms with van der Waals surface area (Å²) in [7, 11) is 1.94. The molecule has 0 radical (unpaired) electrons. The molecule has 0 aliphatic rings. The molecule has 2 aromatic rings. The molecular weight excluding hydrogens is 465 g/mol. The lowest BCUT2D eigenvalue weighted by atomic mass is 10.4. The van der Waals surface area contributed by atoms with Crippen LogP contribution in [0.2, 0.25) is 0 Å². The second-order valence-electron chi connectivity index (χ2n) is 5.76. The molecule has 146 valence electrons. The topological polar surface area (TPSA) is 93.2 Å². The molecule has 2 rings (SSSR count). The highest BCUT2D eigenvalue weighted by Gasteiger charge is 2.08. The quantitative estimate of drug-likeness (QED) is 0.252. The van der Waals surface area contributed by atoms with Crippen molar-refractivity contribution in [2.45, 2.75) is 40.3 Å². The zero-order chi connectivity index (χ0) is 18.2. The van der Waals surface area contributed by atoms with Gasteiger partial charge in [-0.3, -0.25) is 0 Å². The van der Waals surface area contributed by atoms with E-state index in [4.69, 9.17) is 4.42 Å². The molecule has 0 spiro atoms. The van der Waals surface area contributed by atoms with E-state index in [0.29, 0.717) is 19.0 Å². The summed E-state index contributed by atoms with van der Waals surface area (Å²) in [5.41, 5.74) is 0.915. The number of thioether (sulfide) groups is 1. The Hall–Kier alpha value is -1.30. The van der Waals surface area contributed by atoms with Crippen molar-refractivity contribution in [1.82, 2.24) is 30.4 Å². The summed E-state index contributed by atoms with van der Waals surface area (Å²) in [6.45, 7) is 7.58. The number of aliphatic imine (C=N–C) groups is 1. The number of aryl methyl sites for hydroxylation is 3. The SMILES string of the molecule is CSCCCNC(=NCc1nnc(C)n1C)NCc1nc(C)c(C)o1.I. The number of nitrogens with zero attached hydrogens (tertiary/aromatic N) is 5. The predicted octanol–water partition coefficient (Wildman–Crippen LogP) is 2.33. The molecule has 0 unspecified atom stereocenters. The number of hydrogen-bond donors (Lipinski definition) is 2. The Kier molecular flexibility index (Phi) is 9.99. The molecule has 0 aliphatic carbocycles. The first-order valence-electron chi connectivity index (χ1n) is 8.30. The lowest BCUT2D eigenvalue weighted by Gasteiger charge is -2.11. The summed E-state index contributed by atoms with van der Waals surface area (Å²) >= 11 is 1.84. The lowest BCUT2D eigenvalue weighted by Crippen LogP contribution is -2.37. The molecule has 26 heavy (non-hydrogen) atoms. The molecule has 0 amide bonds. The third-order valence-electron chi connectivity index (χ3n) is 3.86. The fourth-order valence-corrected chi connectivity index (χ4v) is 2.54. The summed E-state index contributed by atoms with van der Waals surface area (Å²) in [6, 6.07) is 0. The van der Waals surface area contributed by atoms with Crippen molar-refractivity contribution < 1.29 is 4.42 Å². The number of nitrogens with one attached hydrogen (secondary N) is 2. The van der Waals surface area contributed by atoms with Crippen LogP contribution in [0.15, 0.2) is 9.41 Å². The number of halogens is 1. The van der Waals surface area contributed by atoms with E-state index in [1.807, 2.05) is 44.1 Å². The van der Waals surface area contributed by atoms with E-state index in [2.05, 4.69) is 37.1 Å². The van der Waals surface area contributed by atoms with Crippen molar-refractivity contribution in [3.05, 3.63) is 29.0 Å². The van der Waals surface area contributed by atoms with E-state index in [1.54, 1.807) is 0 Å². The normalized spacial score (nSPS) is 11.3. The maximum atomic E-state index is 5.61. The van der Waals surface area contributed by atoms with Crippen LogP contribution in [0.1, 0.15) is 35.4 Å². The van der Waals surface area contributed by atoms with Crippen LogP contribution in [0.5, 0.6) is 0 Å². The van der Waals surface area contributed by atoms with Crippen LogP contribution in [0.3, 0.4) is 0 Å². The van der Waals surface area contributed by atoms with E-state index >= 15 is 0 Å². The average molecular weight is 493 g/mol. The van der Waals surface area contributed by atoms with Gasteiger partial charge >= 0.3 is 0 Å². The van der Waals surface area contributed by atoms with Crippen molar-refractivity contribution in [1.29, 1.82) is 0 Å². The standard InChI is InChI=1S/C16H27N7OS.HI/c1-11-12(2)24-15(20-11)10-19-16(17-7-6-8-25-5)18-9-14-22-21-13(3)23(14)4;/h6-10H2,1-5H3,(H2,17,18,19);1H. The molecule has 2 heterocycles. The second-order valence-corrected chi connectivity index (χ2v) is 6.75. The largest absolute Gasteiger partial charge is 0.444 e. The molecule has 8 nitrogen and oxygen atoms in total. The van der Waals surface area contributed by atoms with Gasteiger partial charge in [-0.25, -0.2) is 9.98 Å². The first kappa shape index (κ1) is 22.7. The van der Waals surface area contributed by atoms with Gasteiger partial charge in [0.25, 0.3) is 0 Å². The summed E-state index contributed by atoms with van der Waals surface area (Å²) in [5.74, 6) is 5.03. The smallest absolute Gasteiger partial charge is 0.214 e. The van der Waals surface area contributed by atoms with Gasteiger partial charge in [0.2, 0.25) is 5.89 Å². The summed E-state index contributed by atoms with van der Waals surface area (Å²) in [6.07, 6.45) is 3.18. The van der Waals surface area contributed by atoms with E-state index in [9.17, 15) is 0 Å². The van der Waals surface area contributed by atoms with Crippen molar-refractivity contribution in [3.63, 3.8) is 0 Å². The zero-order valence-corrected chi connectivity index (χ0v) is 19.1. The van der Waals surface area contributed by atoms with E-state index in [0.717, 1.165) is 47.8 Å². The monoisotopic (exact) mass is 493 g/mol. The van der Waals surface area contributed by atoms with E-state index in [1.165, 1.54) is 0 Å². The van der Waals surface area contributed by atoms with Gasteiger partial charge in [0.15, 0.2) is 11.8 Å². The Balaban J connectivity index is 0.00000338. The Morgan fingerprint density at radius 2 is 2.00 bits per heavy atom. The highest BCUT2D eigenvalue weighted by atomic mass is 127. The molecule has 0 saturated carbocycles. The van der Waals surface area contributed by atoms with Gasteiger partial charge in [-0.1, -0.05) is 0 Å². The molecule has 0 aliphatic heterocycles. The second kappa shape index (κ2) is 11.4. The minimum atomic E-state index is 0. The molecule has 0 aromatic carbocycles. The Morgan fingerprint density at radius 1 is 1.23 bits per heavy atom. The van der Waals surface area contributed by atoms with Gasteiger partial charge in [-0.2, -0.15) is 11.8 Å². The Bertz CT molecular complexity index is 694. The van der Waals surface area contributed by atoms with Crippen LogP contribution in [-0.4, -0.2) is 44.3 Å². The lowest BCUT2D eigenvalue weighted by molar-refractivity contribution is 0.463. The molecule has 10 heteroatoms. The van der Waals surface area contributed by atoms with Crippen LogP contribution in [0.25, 0.3) is 0 Å². The van der Waals surface area contributed by atoms with Gasteiger partial charge in [0.05, 0.1) is 12.2 Å². The minimum Gasteiger partial charge on any atom is -0.444 e. The van der Waals surface area contributed by atoms with Crippen molar-refractivity contribution in [2.24, 2.45) is 12.0 Å². The summed E-state index contributed by atoms with van der Waals surface area (Å²) < 4.78 is 7.55. The molecule has 2 N–H and O–H groups in total. The van der Waals surface area contributed by atoms with E-state index < -0.39 is 0 Å². The Morgan fingerprint density at radius 3 is 2.58 bits per heavy atom. The number of hydrogen-bond acceptors (Lipinski definition) is 6. The number of oxazole rings is 1. The van der Waals surface area contributed by atoms with Gasteiger partial charge in [-0.15, -0.1) is 34.2 Å². The molecule has 0 bridgehead atoms. The number of aromatic nitrogens is 4. The van der Waals surface area contributed by atoms with Crippen molar-refractivity contribution in [3.8, 4) is 0 Å². The van der Waals surface area contributed by atoms with Crippen LogP contribution < -0.4 is 10.6 Å². The third kappa shape index (κ3) is 6.78. The van der Waals surface area contributed by atoms with Crippen LogP contribution in [0, 0.1) is 20.8 Å². The first-order valence-corrected chi connectivity index (χ1v) is 9.69. The zero-order valence-electron chi connectivity index (χ0n) is 16.0. The van der Waals surface area contributed by atoms with Crippen LogP contribution in [-0.2, 0) is 20.1 Å². The summed E-state index contributed by atoms with van der Waals surface area (Å²) in [5, 5.41) is 14.8. The fourth-order valence-electron chi connectivity index (χ4n) is 2.11. The average Bonchev–Trinajstić information content (AvgIpc) is 3.08. The maximum Gasteiger partial charge on any atom is 0.214 e. The van der Waals surface area contributed by atoms with Crippen LogP contribution in [0.4, 0.5) is 0 Å². The molecule has 0 atom stereocenters. The summed E-state index contributed by atoms with van der Waals surface area (Å²) in [4.78, 5) is 8.99. The maximum absolute atomic E-state index is 5.61. The van der Waals surface area contributed by atoms with Gasteiger partial charge in [-0.05, 0) is 39.2 Å².